The third-order valence-corrected chi connectivity index (χ3v) is 3.17. The fourth-order valence-corrected chi connectivity index (χ4v) is 2.44. The minimum absolute atomic E-state index is 0.444. The first kappa shape index (κ1) is 10.2. The van der Waals surface area contributed by atoms with E-state index < -0.39 is 0 Å². The molecule has 0 bridgehead atoms. The van der Waals surface area contributed by atoms with Gasteiger partial charge < -0.3 is 10.5 Å². The van der Waals surface area contributed by atoms with E-state index in [-0.39, 0.29) is 0 Å². The van der Waals surface area contributed by atoms with Crippen LogP contribution < -0.4 is 10.5 Å². The van der Waals surface area contributed by atoms with E-state index in [1.54, 1.807) is 11.3 Å². The number of fused-ring (bicyclic) bond motifs is 1. The SMILES string of the molecule is CCC=NC1=C(N)COc2cc(C)sc21. The van der Waals surface area contributed by atoms with Crippen molar-refractivity contribution in [3.63, 3.8) is 0 Å². The first-order valence-corrected chi connectivity index (χ1v) is 5.78. The molecule has 4 heteroatoms. The zero-order valence-electron chi connectivity index (χ0n) is 8.91. The molecular formula is C11H14N2OS. The summed E-state index contributed by atoms with van der Waals surface area (Å²) in [7, 11) is 0. The summed E-state index contributed by atoms with van der Waals surface area (Å²) in [6.07, 6.45) is 2.80. The Kier molecular flexibility index (Phi) is 2.77. The van der Waals surface area contributed by atoms with Crippen LogP contribution in [0.25, 0.3) is 5.70 Å². The second-order valence-corrected chi connectivity index (χ2v) is 4.69. The van der Waals surface area contributed by atoms with Crippen molar-refractivity contribution >= 4 is 23.2 Å². The maximum atomic E-state index is 5.89. The molecule has 2 N–H and O–H groups in total. The molecule has 2 rings (SSSR count). The average molecular weight is 222 g/mol. The summed E-state index contributed by atoms with van der Waals surface area (Å²) in [5.41, 5.74) is 7.49. The highest BCUT2D eigenvalue weighted by Gasteiger charge is 2.20. The maximum Gasteiger partial charge on any atom is 0.140 e. The molecule has 0 aliphatic carbocycles. The number of aliphatic imine (C=N–C) groups is 1. The molecule has 2 heterocycles. The largest absolute Gasteiger partial charge is 0.486 e. The van der Waals surface area contributed by atoms with Gasteiger partial charge in [0.2, 0.25) is 0 Å². The predicted molar refractivity (Wildman–Crippen MR) is 64.4 cm³/mol. The van der Waals surface area contributed by atoms with Crippen LogP contribution in [0.3, 0.4) is 0 Å². The van der Waals surface area contributed by atoms with E-state index in [4.69, 9.17) is 10.5 Å². The molecule has 0 saturated heterocycles. The first-order chi connectivity index (χ1) is 7.22. The Hall–Kier alpha value is -1.29. The second-order valence-electron chi connectivity index (χ2n) is 3.43. The molecule has 0 saturated carbocycles. The van der Waals surface area contributed by atoms with Crippen molar-refractivity contribution in [1.29, 1.82) is 0 Å². The molecule has 1 aliphatic rings. The van der Waals surface area contributed by atoms with E-state index in [1.165, 1.54) is 4.88 Å². The van der Waals surface area contributed by atoms with Gasteiger partial charge in [0.15, 0.2) is 0 Å². The molecule has 80 valence electrons. The fourth-order valence-electron chi connectivity index (χ4n) is 1.46. The summed E-state index contributed by atoms with van der Waals surface area (Å²) in [5.74, 6) is 0.912. The van der Waals surface area contributed by atoms with E-state index >= 15 is 0 Å². The lowest BCUT2D eigenvalue weighted by atomic mass is 10.2. The van der Waals surface area contributed by atoms with E-state index in [1.807, 2.05) is 12.3 Å². The van der Waals surface area contributed by atoms with Crippen molar-refractivity contribution in [3.8, 4) is 5.75 Å². The molecule has 0 atom stereocenters. The lowest BCUT2D eigenvalue weighted by Gasteiger charge is -2.15. The number of aryl methyl sites for hydroxylation is 1. The number of rotatable bonds is 2. The normalized spacial score (nSPS) is 15.6. The molecule has 0 radical (unpaired) electrons. The van der Waals surface area contributed by atoms with Gasteiger partial charge >= 0.3 is 0 Å². The number of thiophene rings is 1. The van der Waals surface area contributed by atoms with Crippen LogP contribution in [0.15, 0.2) is 16.8 Å². The van der Waals surface area contributed by atoms with Gasteiger partial charge in [0, 0.05) is 11.1 Å². The summed E-state index contributed by atoms with van der Waals surface area (Å²) >= 11 is 1.68. The van der Waals surface area contributed by atoms with Gasteiger partial charge in [-0.3, -0.25) is 4.99 Å². The summed E-state index contributed by atoms with van der Waals surface area (Å²) < 4.78 is 5.52. The average Bonchev–Trinajstić information content (AvgIpc) is 2.57. The summed E-state index contributed by atoms with van der Waals surface area (Å²) in [4.78, 5) is 6.68. The van der Waals surface area contributed by atoms with Crippen molar-refractivity contribution in [3.05, 3.63) is 21.5 Å². The van der Waals surface area contributed by atoms with Crippen LogP contribution in [0.5, 0.6) is 5.75 Å². The predicted octanol–water partition coefficient (Wildman–Crippen LogP) is 2.56. The number of hydrogen-bond donors (Lipinski definition) is 1. The fraction of sp³-hybridized carbons (Fsp3) is 0.364. The molecule has 0 fully saturated rings. The van der Waals surface area contributed by atoms with Crippen LogP contribution in [-0.4, -0.2) is 12.8 Å². The number of ether oxygens (including phenoxy) is 1. The van der Waals surface area contributed by atoms with Crippen molar-refractivity contribution < 1.29 is 4.74 Å². The zero-order chi connectivity index (χ0) is 10.8. The van der Waals surface area contributed by atoms with Gasteiger partial charge in [-0.25, -0.2) is 0 Å². The van der Waals surface area contributed by atoms with Gasteiger partial charge in [-0.1, -0.05) is 6.92 Å². The maximum absolute atomic E-state index is 5.89. The third-order valence-electron chi connectivity index (χ3n) is 2.13. The highest BCUT2D eigenvalue weighted by atomic mass is 32.1. The van der Waals surface area contributed by atoms with Crippen LogP contribution >= 0.6 is 11.3 Å². The second kappa shape index (κ2) is 4.06. The Bertz CT molecular complexity index is 432. The molecule has 3 nitrogen and oxygen atoms in total. The molecule has 1 aromatic rings. The topological polar surface area (TPSA) is 47.6 Å². The Morgan fingerprint density at radius 3 is 3.20 bits per heavy atom. The van der Waals surface area contributed by atoms with Gasteiger partial charge in [0.05, 0.1) is 10.6 Å². The van der Waals surface area contributed by atoms with E-state index in [0.29, 0.717) is 12.3 Å². The Balaban J connectivity index is 2.45. The lowest BCUT2D eigenvalue weighted by Crippen LogP contribution is -2.15. The van der Waals surface area contributed by atoms with Crippen molar-refractivity contribution in [2.45, 2.75) is 20.3 Å². The molecular weight excluding hydrogens is 208 g/mol. The van der Waals surface area contributed by atoms with Crippen LogP contribution in [0.1, 0.15) is 23.1 Å². The van der Waals surface area contributed by atoms with Crippen molar-refractivity contribution in [2.24, 2.45) is 10.7 Å². The monoisotopic (exact) mass is 222 g/mol. The van der Waals surface area contributed by atoms with Crippen LogP contribution in [0.2, 0.25) is 0 Å². The minimum atomic E-state index is 0.444. The van der Waals surface area contributed by atoms with Gasteiger partial charge in [-0.05, 0) is 19.4 Å². The number of nitrogens with two attached hydrogens (primary N) is 1. The summed E-state index contributed by atoms with van der Waals surface area (Å²) in [6.45, 7) is 4.56. The molecule has 1 aromatic heterocycles. The Labute approximate surface area is 93.3 Å². The van der Waals surface area contributed by atoms with Crippen molar-refractivity contribution in [1.82, 2.24) is 0 Å². The summed E-state index contributed by atoms with van der Waals surface area (Å²) in [5, 5.41) is 0. The Morgan fingerprint density at radius 1 is 1.67 bits per heavy atom. The van der Waals surface area contributed by atoms with E-state index in [2.05, 4.69) is 18.8 Å². The number of nitrogens with zero attached hydrogens (tertiary/aromatic N) is 1. The van der Waals surface area contributed by atoms with E-state index in [9.17, 15) is 0 Å². The first-order valence-electron chi connectivity index (χ1n) is 4.97. The highest BCUT2D eigenvalue weighted by Crippen LogP contribution is 2.39. The van der Waals surface area contributed by atoms with Gasteiger partial charge in [-0.2, -0.15) is 0 Å². The minimum Gasteiger partial charge on any atom is -0.486 e. The molecule has 0 spiro atoms. The van der Waals surface area contributed by atoms with Crippen LogP contribution in [0, 0.1) is 6.92 Å². The van der Waals surface area contributed by atoms with Crippen LogP contribution in [-0.2, 0) is 0 Å². The molecule has 0 amide bonds. The molecule has 15 heavy (non-hydrogen) atoms. The quantitative estimate of drug-likeness (QED) is 0.782. The molecule has 0 aromatic carbocycles. The third kappa shape index (κ3) is 1.90. The smallest absolute Gasteiger partial charge is 0.140 e. The zero-order valence-corrected chi connectivity index (χ0v) is 9.73. The lowest BCUT2D eigenvalue weighted by molar-refractivity contribution is 0.346. The Morgan fingerprint density at radius 2 is 2.47 bits per heavy atom. The van der Waals surface area contributed by atoms with E-state index in [0.717, 1.165) is 22.7 Å². The molecule has 1 aliphatic heterocycles. The highest BCUT2D eigenvalue weighted by molar-refractivity contribution is 7.13. The van der Waals surface area contributed by atoms with Crippen molar-refractivity contribution in [2.75, 3.05) is 6.61 Å². The van der Waals surface area contributed by atoms with Gasteiger partial charge in [0.25, 0.3) is 0 Å². The van der Waals surface area contributed by atoms with Crippen LogP contribution in [0.4, 0.5) is 0 Å². The molecule has 0 unspecified atom stereocenters. The van der Waals surface area contributed by atoms with Gasteiger partial charge in [0.1, 0.15) is 18.1 Å². The standard InChI is InChI=1S/C11H14N2OS/c1-3-4-13-10-8(12)6-14-9-5-7(2)15-11(9)10/h4-5H,3,6,12H2,1-2H3. The van der Waals surface area contributed by atoms with Gasteiger partial charge in [-0.15, -0.1) is 11.3 Å². The summed E-state index contributed by atoms with van der Waals surface area (Å²) in [6, 6.07) is 2.04. The number of hydrogen-bond acceptors (Lipinski definition) is 4.